The van der Waals surface area contributed by atoms with Gasteiger partial charge in [-0.2, -0.15) is 0 Å². The van der Waals surface area contributed by atoms with Crippen LogP contribution in [-0.4, -0.2) is 30.3 Å². The van der Waals surface area contributed by atoms with E-state index < -0.39 is 0 Å². The van der Waals surface area contributed by atoms with Gasteiger partial charge in [0.05, 0.1) is 11.7 Å². The zero-order chi connectivity index (χ0) is 20.9. The molecule has 0 unspecified atom stereocenters. The second-order valence-electron chi connectivity index (χ2n) is 8.77. The lowest BCUT2D eigenvalue weighted by atomic mass is 9.87. The van der Waals surface area contributed by atoms with Gasteiger partial charge in [0, 0.05) is 25.0 Å². The topological polar surface area (TPSA) is 47.6 Å². The fourth-order valence-electron chi connectivity index (χ4n) is 3.99. The maximum atomic E-state index is 12.9. The Morgan fingerprint density at radius 3 is 2.38 bits per heavy atom. The number of hydrogen-bond donors (Lipinski definition) is 1. The highest BCUT2D eigenvalue weighted by Crippen LogP contribution is 2.30. The van der Waals surface area contributed by atoms with Crippen LogP contribution in [0.4, 0.5) is 0 Å². The lowest BCUT2D eigenvalue weighted by molar-refractivity contribution is -0.124. The molecule has 29 heavy (non-hydrogen) atoms. The average molecular weight is 396 g/mol. The quantitative estimate of drug-likeness (QED) is 0.712. The molecule has 4 nitrogen and oxygen atoms in total. The molecule has 1 fully saturated rings. The zero-order valence-electron chi connectivity index (χ0n) is 18.0. The molecule has 1 heterocycles. The van der Waals surface area contributed by atoms with E-state index in [0.717, 1.165) is 29.7 Å². The van der Waals surface area contributed by atoms with Gasteiger partial charge in [0.15, 0.2) is 0 Å². The van der Waals surface area contributed by atoms with E-state index in [4.69, 9.17) is 9.47 Å². The van der Waals surface area contributed by atoms with E-state index in [1.54, 1.807) is 0 Å². The van der Waals surface area contributed by atoms with Gasteiger partial charge < -0.3 is 14.8 Å². The third-order valence-electron chi connectivity index (χ3n) is 5.31. The highest BCUT2D eigenvalue weighted by Gasteiger charge is 2.30. The number of hydrogen-bond acceptors (Lipinski definition) is 3. The maximum Gasteiger partial charge on any atom is 0.221 e. The first-order valence-corrected chi connectivity index (χ1v) is 10.6. The van der Waals surface area contributed by atoms with E-state index in [1.807, 2.05) is 44.2 Å². The average Bonchev–Trinajstić information content (AvgIpc) is 2.66. The monoisotopic (exact) mass is 395 g/mol. The molecule has 1 aliphatic rings. The Balaban J connectivity index is 1.73. The summed E-state index contributed by atoms with van der Waals surface area (Å²) in [6.45, 7) is 8.89. The van der Waals surface area contributed by atoms with Crippen LogP contribution in [0.15, 0.2) is 54.6 Å². The number of benzene rings is 2. The van der Waals surface area contributed by atoms with E-state index in [2.05, 4.69) is 43.4 Å². The summed E-state index contributed by atoms with van der Waals surface area (Å²) in [7, 11) is 0. The van der Waals surface area contributed by atoms with Crippen LogP contribution in [0.1, 0.15) is 64.0 Å². The summed E-state index contributed by atoms with van der Waals surface area (Å²) < 4.78 is 11.5. The predicted octanol–water partition coefficient (Wildman–Crippen LogP) is 5.07. The maximum absolute atomic E-state index is 12.9. The third kappa shape index (κ3) is 6.33. The molecule has 1 amide bonds. The summed E-state index contributed by atoms with van der Waals surface area (Å²) in [5.74, 6) is 0.950. The van der Waals surface area contributed by atoms with Crippen LogP contribution in [-0.2, 0) is 9.53 Å². The van der Waals surface area contributed by atoms with Crippen molar-refractivity contribution in [3.05, 3.63) is 65.7 Å². The largest absolute Gasteiger partial charge is 0.491 e. The van der Waals surface area contributed by atoms with Crippen molar-refractivity contribution in [3.63, 3.8) is 0 Å². The standard InChI is InChI=1S/C25H33NO3/c1-18(2)29-22-12-10-20(11-13-22)23(19-8-6-5-7-9-19)16-24(27)26-21-14-15-28-25(3,4)17-21/h5-13,18,21,23H,14-17H2,1-4H3,(H,26,27)/t21-,23+/m0/s1. The minimum Gasteiger partial charge on any atom is -0.491 e. The van der Waals surface area contributed by atoms with E-state index in [0.29, 0.717) is 13.0 Å². The van der Waals surface area contributed by atoms with Gasteiger partial charge >= 0.3 is 0 Å². The molecule has 3 rings (SSSR count). The van der Waals surface area contributed by atoms with E-state index >= 15 is 0 Å². The Morgan fingerprint density at radius 1 is 1.10 bits per heavy atom. The molecule has 1 aliphatic heterocycles. The molecule has 2 atom stereocenters. The van der Waals surface area contributed by atoms with Crippen molar-refractivity contribution in [2.45, 2.75) is 70.6 Å². The van der Waals surface area contributed by atoms with Gasteiger partial charge in [-0.05, 0) is 63.8 Å². The van der Waals surface area contributed by atoms with Gasteiger partial charge in [0.2, 0.25) is 5.91 Å². The molecule has 0 spiro atoms. The van der Waals surface area contributed by atoms with Gasteiger partial charge in [0.1, 0.15) is 5.75 Å². The lowest BCUT2D eigenvalue weighted by Gasteiger charge is -2.36. The number of carbonyl (C=O) groups is 1. The molecule has 0 aliphatic carbocycles. The molecule has 1 N–H and O–H groups in total. The van der Waals surface area contributed by atoms with Crippen molar-refractivity contribution in [3.8, 4) is 5.75 Å². The molecule has 0 bridgehead atoms. The first kappa shape index (κ1) is 21.4. The molecular weight excluding hydrogens is 362 g/mol. The van der Waals surface area contributed by atoms with Gasteiger partial charge in [-0.3, -0.25) is 4.79 Å². The Bertz CT molecular complexity index is 783. The van der Waals surface area contributed by atoms with Crippen LogP contribution in [0.3, 0.4) is 0 Å². The minimum absolute atomic E-state index is 0.0113. The first-order chi connectivity index (χ1) is 13.8. The first-order valence-electron chi connectivity index (χ1n) is 10.6. The van der Waals surface area contributed by atoms with Gasteiger partial charge in [-0.15, -0.1) is 0 Å². The molecule has 4 heteroatoms. The highest BCUT2D eigenvalue weighted by atomic mass is 16.5. The Kier molecular flexibility index (Phi) is 6.96. The molecule has 0 radical (unpaired) electrons. The summed E-state index contributed by atoms with van der Waals surface area (Å²) in [5, 5.41) is 3.24. The summed E-state index contributed by atoms with van der Waals surface area (Å²) >= 11 is 0. The van der Waals surface area contributed by atoms with Crippen LogP contribution in [0.5, 0.6) is 5.75 Å². The fraction of sp³-hybridized carbons (Fsp3) is 0.480. The Labute approximate surface area is 174 Å². The Morgan fingerprint density at radius 2 is 1.76 bits per heavy atom. The van der Waals surface area contributed by atoms with Crippen molar-refractivity contribution >= 4 is 5.91 Å². The normalized spacial score (nSPS) is 19.6. The number of ether oxygens (including phenoxy) is 2. The number of carbonyl (C=O) groups excluding carboxylic acids is 1. The van der Waals surface area contributed by atoms with E-state index in [9.17, 15) is 4.79 Å². The van der Waals surface area contributed by atoms with E-state index in [-0.39, 0.29) is 29.6 Å². The van der Waals surface area contributed by atoms with Crippen LogP contribution in [0, 0.1) is 0 Å². The van der Waals surface area contributed by atoms with Crippen LogP contribution >= 0.6 is 0 Å². The fourth-order valence-corrected chi connectivity index (χ4v) is 3.99. The van der Waals surface area contributed by atoms with Gasteiger partial charge in [-0.1, -0.05) is 42.5 Å². The molecule has 2 aromatic rings. The van der Waals surface area contributed by atoms with Crippen LogP contribution in [0.25, 0.3) is 0 Å². The SMILES string of the molecule is CC(C)Oc1ccc([C@H](CC(=O)N[C@H]2CCOC(C)(C)C2)c2ccccc2)cc1. The molecule has 156 valence electrons. The number of amides is 1. The van der Waals surface area contributed by atoms with Crippen molar-refractivity contribution in [1.82, 2.24) is 5.32 Å². The van der Waals surface area contributed by atoms with Crippen LogP contribution < -0.4 is 10.1 Å². The smallest absolute Gasteiger partial charge is 0.221 e. The van der Waals surface area contributed by atoms with E-state index in [1.165, 1.54) is 0 Å². The van der Waals surface area contributed by atoms with Crippen molar-refractivity contribution < 1.29 is 14.3 Å². The lowest BCUT2D eigenvalue weighted by Crippen LogP contribution is -2.46. The van der Waals surface area contributed by atoms with Gasteiger partial charge in [0.25, 0.3) is 0 Å². The second kappa shape index (κ2) is 9.45. The minimum atomic E-state index is -0.179. The summed E-state index contributed by atoms with van der Waals surface area (Å²) in [6, 6.07) is 18.5. The molecule has 0 aromatic heterocycles. The third-order valence-corrected chi connectivity index (χ3v) is 5.31. The van der Waals surface area contributed by atoms with Crippen molar-refractivity contribution in [1.29, 1.82) is 0 Å². The number of nitrogens with one attached hydrogen (secondary N) is 1. The summed E-state index contributed by atoms with van der Waals surface area (Å²) in [5.41, 5.74) is 2.09. The molecule has 2 aromatic carbocycles. The second-order valence-corrected chi connectivity index (χ2v) is 8.77. The predicted molar refractivity (Wildman–Crippen MR) is 116 cm³/mol. The molecular formula is C25H33NO3. The van der Waals surface area contributed by atoms with Gasteiger partial charge in [-0.25, -0.2) is 0 Å². The highest BCUT2D eigenvalue weighted by molar-refractivity contribution is 5.78. The van der Waals surface area contributed by atoms with Crippen molar-refractivity contribution in [2.75, 3.05) is 6.61 Å². The summed E-state index contributed by atoms with van der Waals surface area (Å²) in [4.78, 5) is 12.9. The van der Waals surface area contributed by atoms with Crippen LogP contribution in [0.2, 0.25) is 0 Å². The Hall–Kier alpha value is -2.33. The summed E-state index contributed by atoms with van der Waals surface area (Å²) in [6.07, 6.45) is 2.27. The number of rotatable bonds is 7. The molecule has 0 saturated carbocycles. The van der Waals surface area contributed by atoms with Crippen molar-refractivity contribution in [2.24, 2.45) is 0 Å². The zero-order valence-corrected chi connectivity index (χ0v) is 18.0. The molecule has 1 saturated heterocycles.